The van der Waals surface area contributed by atoms with E-state index in [2.05, 4.69) is 21.2 Å². The van der Waals surface area contributed by atoms with Gasteiger partial charge in [0.15, 0.2) is 0 Å². The van der Waals surface area contributed by atoms with Gasteiger partial charge in [-0.25, -0.2) is 0 Å². The molecule has 1 unspecified atom stereocenters. The van der Waals surface area contributed by atoms with Gasteiger partial charge in [0.25, 0.3) is 0 Å². The Morgan fingerprint density at radius 3 is 2.53 bits per heavy atom. The summed E-state index contributed by atoms with van der Waals surface area (Å²) in [5, 5.41) is 2.91. The third kappa shape index (κ3) is 7.79. The molecule has 0 aromatic carbocycles. The summed E-state index contributed by atoms with van der Waals surface area (Å²) in [4.78, 5) is 11.4. The number of methoxy groups -OCH3 is 1. The molecule has 0 saturated heterocycles. The molecule has 0 bridgehead atoms. The Labute approximate surface area is 101 Å². The Hall–Kier alpha value is -0.0900. The fraction of sp³-hybridized carbons (Fsp3) is 0.909. The van der Waals surface area contributed by atoms with Crippen molar-refractivity contribution in [3.63, 3.8) is 0 Å². The molecule has 0 saturated carbocycles. The van der Waals surface area contributed by atoms with Crippen molar-refractivity contribution in [2.24, 2.45) is 5.92 Å². The predicted octanol–water partition coefficient (Wildman–Crippen LogP) is 2.34. The van der Waals surface area contributed by atoms with Crippen molar-refractivity contribution in [1.82, 2.24) is 5.32 Å². The lowest BCUT2D eigenvalue weighted by atomic mass is 10.1. The van der Waals surface area contributed by atoms with Crippen LogP contribution in [0.15, 0.2) is 0 Å². The van der Waals surface area contributed by atoms with Gasteiger partial charge in [0, 0.05) is 20.3 Å². The molecule has 0 aliphatic carbocycles. The first-order chi connectivity index (χ1) is 7.09. The van der Waals surface area contributed by atoms with Crippen molar-refractivity contribution >= 4 is 21.8 Å². The van der Waals surface area contributed by atoms with Crippen LogP contribution in [-0.2, 0) is 9.53 Å². The van der Waals surface area contributed by atoms with E-state index < -0.39 is 0 Å². The van der Waals surface area contributed by atoms with E-state index in [9.17, 15) is 4.79 Å². The van der Waals surface area contributed by atoms with Crippen molar-refractivity contribution in [2.45, 2.75) is 37.9 Å². The molecular formula is C11H22BrNO2. The van der Waals surface area contributed by atoms with E-state index in [1.165, 1.54) is 0 Å². The monoisotopic (exact) mass is 279 g/mol. The minimum Gasteiger partial charge on any atom is -0.385 e. The van der Waals surface area contributed by atoms with E-state index in [1.54, 1.807) is 7.11 Å². The summed E-state index contributed by atoms with van der Waals surface area (Å²) < 4.78 is 4.94. The van der Waals surface area contributed by atoms with Gasteiger partial charge in [-0.15, -0.1) is 0 Å². The second-order valence-corrected chi connectivity index (χ2v) is 4.98. The van der Waals surface area contributed by atoms with Gasteiger partial charge in [-0.3, -0.25) is 4.79 Å². The van der Waals surface area contributed by atoms with Gasteiger partial charge >= 0.3 is 0 Å². The molecule has 4 heteroatoms. The van der Waals surface area contributed by atoms with E-state index in [-0.39, 0.29) is 10.7 Å². The number of ether oxygens (including phenoxy) is 1. The second-order valence-electron chi connectivity index (χ2n) is 3.99. The number of rotatable bonds is 8. The van der Waals surface area contributed by atoms with Crippen LogP contribution in [0.1, 0.15) is 33.1 Å². The van der Waals surface area contributed by atoms with E-state index in [0.717, 1.165) is 32.4 Å². The summed E-state index contributed by atoms with van der Waals surface area (Å²) >= 11 is 3.37. The predicted molar refractivity (Wildman–Crippen MR) is 66.3 cm³/mol. The van der Waals surface area contributed by atoms with Crippen molar-refractivity contribution in [3.05, 3.63) is 0 Å². The standard InChI is InChI=1S/C11H22BrNO2/c1-9(2)10(12)11(14)13-7-5-4-6-8-15-3/h9-10H,4-8H2,1-3H3,(H,13,14). The molecule has 1 N–H and O–H groups in total. The smallest absolute Gasteiger partial charge is 0.234 e. The zero-order valence-corrected chi connectivity index (χ0v) is 11.5. The topological polar surface area (TPSA) is 38.3 Å². The molecule has 1 amide bonds. The Morgan fingerprint density at radius 2 is 2.00 bits per heavy atom. The third-order valence-corrected chi connectivity index (χ3v) is 3.63. The summed E-state index contributed by atoms with van der Waals surface area (Å²) in [6.07, 6.45) is 3.18. The largest absolute Gasteiger partial charge is 0.385 e. The molecule has 0 fully saturated rings. The lowest BCUT2D eigenvalue weighted by molar-refractivity contribution is -0.121. The molecule has 3 nitrogen and oxygen atoms in total. The molecule has 0 aliphatic rings. The number of carbonyl (C=O) groups excluding carboxylic acids is 1. The van der Waals surface area contributed by atoms with Gasteiger partial charge in [0.1, 0.15) is 0 Å². The molecule has 15 heavy (non-hydrogen) atoms. The summed E-state index contributed by atoms with van der Waals surface area (Å²) in [5.41, 5.74) is 0. The van der Waals surface area contributed by atoms with E-state index in [4.69, 9.17) is 4.74 Å². The van der Waals surface area contributed by atoms with Crippen LogP contribution in [0.5, 0.6) is 0 Å². The number of unbranched alkanes of at least 4 members (excludes halogenated alkanes) is 2. The lowest BCUT2D eigenvalue weighted by Crippen LogP contribution is -2.34. The van der Waals surface area contributed by atoms with Crippen molar-refractivity contribution in [2.75, 3.05) is 20.3 Å². The van der Waals surface area contributed by atoms with Gasteiger partial charge in [0.2, 0.25) is 5.91 Å². The molecule has 1 atom stereocenters. The fourth-order valence-corrected chi connectivity index (χ4v) is 1.32. The number of hydrogen-bond donors (Lipinski definition) is 1. The number of amides is 1. The highest BCUT2D eigenvalue weighted by Crippen LogP contribution is 2.11. The Balaban J connectivity index is 3.39. The maximum absolute atomic E-state index is 11.5. The number of halogens is 1. The quantitative estimate of drug-likeness (QED) is 0.547. The van der Waals surface area contributed by atoms with Crippen LogP contribution < -0.4 is 5.32 Å². The minimum absolute atomic E-state index is 0.0727. The average Bonchev–Trinajstić information content (AvgIpc) is 2.21. The fourth-order valence-electron chi connectivity index (χ4n) is 1.16. The van der Waals surface area contributed by atoms with Crippen molar-refractivity contribution in [3.8, 4) is 0 Å². The highest BCUT2D eigenvalue weighted by atomic mass is 79.9. The number of carbonyl (C=O) groups is 1. The molecule has 0 heterocycles. The molecule has 90 valence electrons. The highest BCUT2D eigenvalue weighted by molar-refractivity contribution is 9.10. The molecule has 0 radical (unpaired) electrons. The van der Waals surface area contributed by atoms with Crippen molar-refractivity contribution in [1.29, 1.82) is 0 Å². The SMILES string of the molecule is COCCCCCNC(=O)C(Br)C(C)C. The lowest BCUT2D eigenvalue weighted by Gasteiger charge is -2.13. The maximum atomic E-state index is 11.5. The number of hydrogen-bond acceptors (Lipinski definition) is 2. The Morgan fingerprint density at radius 1 is 1.33 bits per heavy atom. The molecule has 0 rings (SSSR count). The molecule has 0 aliphatic heterocycles. The Bertz CT molecular complexity index is 174. The Kier molecular flexibility index (Phi) is 9.10. The van der Waals surface area contributed by atoms with Crippen LogP contribution in [0.2, 0.25) is 0 Å². The summed E-state index contributed by atoms with van der Waals surface area (Å²) in [6.45, 7) is 5.62. The van der Waals surface area contributed by atoms with Crippen LogP contribution in [-0.4, -0.2) is 31.0 Å². The van der Waals surface area contributed by atoms with Crippen LogP contribution in [0, 0.1) is 5.92 Å². The van der Waals surface area contributed by atoms with Crippen molar-refractivity contribution < 1.29 is 9.53 Å². The van der Waals surface area contributed by atoms with E-state index in [1.807, 2.05) is 13.8 Å². The minimum atomic E-state index is -0.0727. The molecular weight excluding hydrogens is 258 g/mol. The zero-order chi connectivity index (χ0) is 11.7. The first kappa shape index (κ1) is 14.9. The number of alkyl halides is 1. The number of nitrogens with one attached hydrogen (secondary N) is 1. The average molecular weight is 280 g/mol. The molecule has 0 aromatic rings. The molecule has 0 aromatic heterocycles. The van der Waals surface area contributed by atoms with Crippen LogP contribution in [0.3, 0.4) is 0 Å². The molecule has 0 spiro atoms. The first-order valence-electron chi connectivity index (χ1n) is 5.50. The van der Waals surface area contributed by atoms with Gasteiger partial charge in [-0.05, 0) is 25.2 Å². The van der Waals surface area contributed by atoms with Gasteiger partial charge in [0.05, 0.1) is 4.83 Å². The third-order valence-electron chi connectivity index (χ3n) is 2.16. The van der Waals surface area contributed by atoms with Gasteiger partial charge in [-0.2, -0.15) is 0 Å². The zero-order valence-electron chi connectivity index (χ0n) is 9.88. The highest BCUT2D eigenvalue weighted by Gasteiger charge is 2.17. The van der Waals surface area contributed by atoms with E-state index in [0.29, 0.717) is 5.92 Å². The summed E-state index contributed by atoms with van der Waals surface area (Å²) in [5.74, 6) is 0.426. The first-order valence-corrected chi connectivity index (χ1v) is 6.42. The van der Waals surface area contributed by atoms with Gasteiger partial charge in [-0.1, -0.05) is 29.8 Å². The van der Waals surface area contributed by atoms with Crippen LogP contribution in [0.4, 0.5) is 0 Å². The normalized spacial score (nSPS) is 12.9. The van der Waals surface area contributed by atoms with E-state index >= 15 is 0 Å². The summed E-state index contributed by atoms with van der Waals surface area (Å²) in [6, 6.07) is 0. The van der Waals surface area contributed by atoms with Crippen LogP contribution in [0.25, 0.3) is 0 Å². The van der Waals surface area contributed by atoms with Gasteiger partial charge < -0.3 is 10.1 Å². The van der Waals surface area contributed by atoms with Crippen LogP contribution >= 0.6 is 15.9 Å². The second kappa shape index (κ2) is 9.16. The maximum Gasteiger partial charge on any atom is 0.234 e. The summed E-state index contributed by atoms with van der Waals surface area (Å²) in [7, 11) is 1.71.